The van der Waals surface area contributed by atoms with Gasteiger partial charge in [-0.15, -0.1) is 0 Å². The van der Waals surface area contributed by atoms with E-state index in [9.17, 15) is 13.2 Å². The molecule has 10 heteroatoms. The van der Waals surface area contributed by atoms with E-state index in [2.05, 4.69) is 16.8 Å². The summed E-state index contributed by atoms with van der Waals surface area (Å²) in [4.78, 5) is 16.2. The summed E-state index contributed by atoms with van der Waals surface area (Å²) in [5.74, 6) is 0.978. The summed E-state index contributed by atoms with van der Waals surface area (Å²) in [6.07, 6.45) is 1.48. The van der Waals surface area contributed by atoms with Crippen molar-refractivity contribution >= 4 is 44.3 Å². The molecule has 2 N–H and O–H groups in total. The van der Waals surface area contributed by atoms with Crippen molar-refractivity contribution in [3.05, 3.63) is 107 Å². The molecule has 5 rings (SSSR count). The van der Waals surface area contributed by atoms with Gasteiger partial charge in [-0.3, -0.25) is 0 Å². The molecule has 1 aromatic heterocycles. The molecular formula is C32H30ClN3O5S. The number of imidazole rings is 1. The first-order valence-electron chi connectivity index (χ1n) is 13.5. The molecular weight excluding hydrogens is 574 g/mol. The number of fused-ring (bicyclic) bond motifs is 1. The molecule has 0 aliphatic rings. The SMILES string of the molecule is CCCCc1nc2ccc(NCS(=O)(=O)c3ccc(Cl)cc3)cc2n1Cc1ccc(-c2ccccc2OC(=O)O)cc1. The predicted octanol–water partition coefficient (Wildman–Crippen LogP) is 7.65. The number of carboxylic acid groups (broad SMARTS) is 1. The molecule has 0 atom stereocenters. The van der Waals surface area contributed by atoms with Crippen LogP contribution >= 0.6 is 11.6 Å². The van der Waals surface area contributed by atoms with Gasteiger partial charge >= 0.3 is 6.16 Å². The fourth-order valence-electron chi connectivity index (χ4n) is 4.75. The number of ether oxygens (including phenoxy) is 1. The third-order valence-electron chi connectivity index (χ3n) is 6.91. The van der Waals surface area contributed by atoms with E-state index < -0.39 is 16.0 Å². The van der Waals surface area contributed by atoms with Crippen LogP contribution in [0.2, 0.25) is 5.02 Å². The average Bonchev–Trinajstić information content (AvgIpc) is 3.32. The first kappa shape index (κ1) is 29.2. The number of sulfone groups is 1. The fraction of sp³-hybridized carbons (Fsp3) is 0.188. The smallest absolute Gasteiger partial charge is 0.449 e. The highest BCUT2D eigenvalue weighted by atomic mass is 35.5. The van der Waals surface area contributed by atoms with E-state index in [0.29, 0.717) is 22.8 Å². The normalized spacial score (nSPS) is 11.5. The van der Waals surface area contributed by atoms with Gasteiger partial charge in [0.25, 0.3) is 0 Å². The maximum Gasteiger partial charge on any atom is 0.511 e. The van der Waals surface area contributed by atoms with Gasteiger partial charge in [-0.1, -0.05) is 67.4 Å². The van der Waals surface area contributed by atoms with Gasteiger partial charge in [0.15, 0.2) is 9.84 Å². The number of hydrogen-bond acceptors (Lipinski definition) is 6. The Balaban J connectivity index is 1.41. The molecule has 0 amide bonds. The number of anilines is 1. The molecule has 0 aliphatic heterocycles. The van der Waals surface area contributed by atoms with Crippen molar-refractivity contribution in [3.8, 4) is 16.9 Å². The van der Waals surface area contributed by atoms with E-state index in [1.165, 1.54) is 12.1 Å². The maximum atomic E-state index is 12.9. The molecule has 42 heavy (non-hydrogen) atoms. The lowest BCUT2D eigenvalue weighted by Crippen LogP contribution is -2.14. The van der Waals surface area contributed by atoms with Gasteiger partial charge in [-0.05, 0) is 66.1 Å². The number of benzene rings is 4. The maximum absolute atomic E-state index is 12.9. The molecule has 0 aliphatic carbocycles. The van der Waals surface area contributed by atoms with E-state index in [4.69, 9.17) is 26.4 Å². The summed E-state index contributed by atoms with van der Waals surface area (Å²) >= 11 is 5.91. The molecule has 0 unspecified atom stereocenters. The third kappa shape index (κ3) is 6.75. The zero-order chi connectivity index (χ0) is 29.7. The van der Waals surface area contributed by atoms with Crippen LogP contribution in [0.5, 0.6) is 5.75 Å². The Kier molecular flexibility index (Phi) is 8.80. The lowest BCUT2D eigenvalue weighted by molar-refractivity contribution is 0.144. The highest BCUT2D eigenvalue weighted by Crippen LogP contribution is 2.31. The average molecular weight is 604 g/mol. The number of aryl methyl sites for hydroxylation is 1. The molecule has 0 bridgehead atoms. The van der Waals surface area contributed by atoms with Crippen molar-refractivity contribution in [1.82, 2.24) is 9.55 Å². The molecule has 1 heterocycles. The minimum atomic E-state index is -3.56. The van der Waals surface area contributed by atoms with Crippen molar-refractivity contribution in [2.45, 2.75) is 37.6 Å². The number of rotatable bonds is 11. The van der Waals surface area contributed by atoms with Crippen LogP contribution in [0.15, 0.2) is 95.9 Å². The summed E-state index contributed by atoms with van der Waals surface area (Å²) in [6, 6.07) is 26.7. The Labute approximate surface area is 249 Å². The number of hydrogen-bond donors (Lipinski definition) is 2. The second kappa shape index (κ2) is 12.7. The summed E-state index contributed by atoms with van der Waals surface area (Å²) < 4.78 is 32.8. The number of aromatic nitrogens is 2. The molecule has 216 valence electrons. The lowest BCUT2D eigenvalue weighted by atomic mass is 10.0. The monoisotopic (exact) mass is 603 g/mol. The van der Waals surface area contributed by atoms with E-state index in [1.807, 2.05) is 54.6 Å². The predicted molar refractivity (Wildman–Crippen MR) is 165 cm³/mol. The summed E-state index contributed by atoms with van der Waals surface area (Å²) in [7, 11) is -3.56. The van der Waals surface area contributed by atoms with Crippen LogP contribution in [0.4, 0.5) is 10.5 Å². The van der Waals surface area contributed by atoms with Crippen molar-refractivity contribution < 1.29 is 23.1 Å². The van der Waals surface area contributed by atoms with Crippen LogP contribution in [0.1, 0.15) is 31.2 Å². The number of carbonyl (C=O) groups is 1. The minimum Gasteiger partial charge on any atom is -0.449 e. The molecule has 0 saturated carbocycles. The minimum absolute atomic E-state index is 0.202. The topological polar surface area (TPSA) is 111 Å². The van der Waals surface area contributed by atoms with Crippen LogP contribution in [-0.2, 0) is 22.8 Å². The van der Waals surface area contributed by atoms with Crippen LogP contribution in [0.3, 0.4) is 0 Å². The summed E-state index contributed by atoms with van der Waals surface area (Å²) in [5, 5.41) is 12.6. The van der Waals surface area contributed by atoms with Gasteiger partial charge in [-0.25, -0.2) is 18.2 Å². The number of nitrogens with zero attached hydrogens (tertiary/aromatic N) is 2. The Hall–Kier alpha value is -4.34. The summed E-state index contributed by atoms with van der Waals surface area (Å²) in [5.41, 5.74) is 4.98. The van der Waals surface area contributed by atoms with Gasteiger partial charge in [-0.2, -0.15) is 0 Å². The van der Waals surface area contributed by atoms with Crippen molar-refractivity contribution in [1.29, 1.82) is 0 Å². The second-order valence-electron chi connectivity index (χ2n) is 9.87. The Bertz CT molecular complexity index is 1820. The number of nitrogens with one attached hydrogen (secondary N) is 1. The molecule has 0 spiro atoms. The van der Waals surface area contributed by atoms with Crippen molar-refractivity contribution in [2.75, 3.05) is 11.2 Å². The quantitative estimate of drug-likeness (QED) is 0.118. The molecule has 0 radical (unpaired) electrons. The second-order valence-corrected chi connectivity index (χ2v) is 12.3. The zero-order valence-electron chi connectivity index (χ0n) is 23.0. The fourth-order valence-corrected chi connectivity index (χ4v) is 5.95. The lowest BCUT2D eigenvalue weighted by Gasteiger charge is -2.12. The van der Waals surface area contributed by atoms with Gasteiger partial charge in [0, 0.05) is 29.2 Å². The van der Waals surface area contributed by atoms with Gasteiger partial charge in [0.2, 0.25) is 0 Å². The van der Waals surface area contributed by atoms with Crippen LogP contribution in [-0.4, -0.2) is 35.1 Å². The number of unbranched alkanes of at least 4 members (excludes halogenated alkanes) is 1. The first-order chi connectivity index (χ1) is 20.2. The van der Waals surface area contributed by atoms with Crippen LogP contribution in [0, 0.1) is 0 Å². The van der Waals surface area contributed by atoms with E-state index >= 15 is 0 Å². The van der Waals surface area contributed by atoms with E-state index in [-0.39, 0.29) is 16.5 Å². The highest BCUT2D eigenvalue weighted by molar-refractivity contribution is 7.91. The van der Waals surface area contributed by atoms with E-state index in [0.717, 1.165) is 47.2 Å². The van der Waals surface area contributed by atoms with Crippen molar-refractivity contribution in [2.24, 2.45) is 0 Å². The third-order valence-corrected chi connectivity index (χ3v) is 8.68. The molecule has 0 fully saturated rings. The van der Waals surface area contributed by atoms with Gasteiger partial charge < -0.3 is 19.7 Å². The summed E-state index contributed by atoms with van der Waals surface area (Å²) in [6.45, 7) is 2.70. The van der Waals surface area contributed by atoms with Crippen LogP contribution in [0.25, 0.3) is 22.2 Å². The number of halogens is 1. The molecule has 5 aromatic rings. The van der Waals surface area contributed by atoms with E-state index in [1.54, 1.807) is 24.3 Å². The molecule has 4 aromatic carbocycles. The van der Waals surface area contributed by atoms with Crippen molar-refractivity contribution in [3.63, 3.8) is 0 Å². The molecule has 0 saturated heterocycles. The first-order valence-corrected chi connectivity index (χ1v) is 15.6. The zero-order valence-corrected chi connectivity index (χ0v) is 24.5. The van der Waals surface area contributed by atoms with Gasteiger partial charge in [0.05, 0.1) is 15.9 Å². The Morgan fingerprint density at radius 2 is 1.74 bits per heavy atom. The number of para-hydroxylation sites is 1. The van der Waals surface area contributed by atoms with Gasteiger partial charge in [0.1, 0.15) is 17.5 Å². The highest BCUT2D eigenvalue weighted by Gasteiger charge is 2.16. The molecule has 8 nitrogen and oxygen atoms in total. The largest absolute Gasteiger partial charge is 0.511 e. The van der Waals surface area contributed by atoms with Crippen LogP contribution < -0.4 is 10.1 Å². The Morgan fingerprint density at radius 1 is 1.00 bits per heavy atom. The standard InChI is InChI=1S/C32H30ClN3O5S/c1-2-3-8-31-35-28-18-15-25(34-21-42(39,40)26-16-13-24(33)14-17-26)19-29(28)36(31)20-22-9-11-23(12-10-22)27-6-4-5-7-30(27)41-32(37)38/h4-7,9-19,34H,2-3,8,20-21H2,1H3,(H,37,38). The Morgan fingerprint density at radius 3 is 2.45 bits per heavy atom.